The number of benzene rings is 1. The molecule has 0 spiro atoms. The van der Waals surface area contributed by atoms with Gasteiger partial charge in [0.25, 0.3) is 0 Å². The Bertz CT molecular complexity index is 681. The third-order valence-electron chi connectivity index (χ3n) is 3.74. The van der Waals surface area contributed by atoms with Crippen LogP contribution in [0.25, 0.3) is 0 Å². The van der Waals surface area contributed by atoms with Gasteiger partial charge in [0.05, 0.1) is 18.0 Å². The van der Waals surface area contributed by atoms with Crippen molar-refractivity contribution in [2.24, 2.45) is 0 Å². The van der Waals surface area contributed by atoms with Crippen LogP contribution in [0.3, 0.4) is 0 Å². The number of nitrogens with one attached hydrogen (secondary N) is 1. The molecule has 112 valence electrons. The van der Waals surface area contributed by atoms with Gasteiger partial charge in [-0.05, 0) is 31.5 Å². The van der Waals surface area contributed by atoms with Crippen LogP contribution < -0.4 is 15.8 Å². The molecule has 5 nitrogen and oxygen atoms in total. The van der Waals surface area contributed by atoms with Crippen molar-refractivity contribution >= 4 is 27.4 Å². The van der Waals surface area contributed by atoms with E-state index in [1.807, 2.05) is 11.6 Å². The predicted octanol–water partition coefficient (Wildman–Crippen LogP) is 3.10. The lowest BCUT2D eigenvalue weighted by Gasteiger charge is -2.12. The summed E-state index contributed by atoms with van der Waals surface area (Å²) in [5.74, 6) is 1.88. The van der Waals surface area contributed by atoms with Gasteiger partial charge in [0, 0.05) is 29.5 Å². The highest BCUT2D eigenvalue weighted by Crippen LogP contribution is 2.34. The average molecular weight is 351 g/mol. The Labute approximate surface area is 132 Å². The van der Waals surface area contributed by atoms with Crippen LogP contribution in [-0.2, 0) is 19.5 Å². The van der Waals surface area contributed by atoms with Crippen LogP contribution in [0.1, 0.15) is 23.7 Å². The minimum atomic E-state index is 0.664. The molecule has 21 heavy (non-hydrogen) atoms. The minimum Gasteiger partial charge on any atom is -0.493 e. The highest BCUT2D eigenvalue weighted by Gasteiger charge is 2.18. The molecule has 1 aliphatic heterocycles. The molecule has 0 radical (unpaired) electrons. The van der Waals surface area contributed by atoms with Crippen LogP contribution in [0.15, 0.2) is 16.6 Å². The number of rotatable bonds is 4. The number of nitrogens with two attached hydrogens (primary N) is 1. The maximum atomic E-state index is 6.10. The molecule has 0 atom stereocenters. The smallest absolute Gasteiger partial charge is 0.148 e. The minimum absolute atomic E-state index is 0.664. The van der Waals surface area contributed by atoms with Crippen LogP contribution in [0, 0.1) is 6.92 Å². The normalized spacial score (nSPS) is 13.1. The Morgan fingerprint density at radius 1 is 1.48 bits per heavy atom. The fraction of sp³-hybridized carbons (Fsp3) is 0.400. The van der Waals surface area contributed by atoms with E-state index in [9.17, 15) is 0 Å². The number of nitrogens with zero attached hydrogens (tertiary/aromatic N) is 2. The lowest BCUT2D eigenvalue weighted by atomic mass is 10.1. The van der Waals surface area contributed by atoms with Gasteiger partial charge in [-0.1, -0.05) is 15.9 Å². The van der Waals surface area contributed by atoms with Crippen LogP contribution in [0.5, 0.6) is 5.75 Å². The number of ether oxygens (including phenoxy) is 1. The standard InChI is InChI=1S/C15H19BrN4O/c1-3-20-15(13(17)9(2)19-20)18-8-11-7-12(16)6-10-4-5-21-14(10)11/h6-7,18H,3-5,8,17H2,1-2H3. The van der Waals surface area contributed by atoms with E-state index in [1.165, 1.54) is 5.56 Å². The number of aryl methyl sites for hydroxylation is 2. The first-order valence-electron chi connectivity index (χ1n) is 7.11. The monoisotopic (exact) mass is 350 g/mol. The van der Waals surface area contributed by atoms with Gasteiger partial charge in [0.1, 0.15) is 11.6 Å². The zero-order valence-corrected chi connectivity index (χ0v) is 13.8. The molecule has 1 aliphatic rings. The Morgan fingerprint density at radius 2 is 2.29 bits per heavy atom. The second-order valence-electron chi connectivity index (χ2n) is 5.17. The first-order valence-corrected chi connectivity index (χ1v) is 7.90. The Balaban J connectivity index is 1.86. The number of halogens is 1. The van der Waals surface area contributed by atoms with Gasteiger partial charge in [-0.3, -0.25) is 0 Å². The second kappa shape index (κ2) is 5.60. The van der Waals surface area contributed by atoms with E-state index in [1.54, 1.807) is 0 Å². The average Bonchev–Trinajstić information content (AvgIpc) is 3.02. The van der Waals surface area contributed by atoms with E-state index in [0.717, 1.165) is 46.9 Å². The van der Waals surface area contributed by atoms with Gasteiger partial charge in [-0.15, -0.1) is 0 Å². The number of nitrogen functional groups attached to an aromatic ring is 1. The molecule has 0 saturated carbocycles. The molecule has 3 N–H and O–H groups in total. The zero-order valence-electron chi connectivity index (χ0n) is 12.2. The van der Waals surface area contributed by atoms with Crippen molar-refractivity contribution in [1.29, 1.82) is 0 Å². The van der Waals surface area contributed by atoms with E-state index in [0.29, 0.717) is 12.2 Å². The van der Waals surface area contributed by atoms with Gasteiger partial charge in [0.2, 0.25) is 0 Å². The number of anilines is 2. The molecule has 1 aromatic carbocycles. The maximum Gasteiger partial charge on any atom is 0.148 e. The molecule has 1 aromatic heterocycles. The van der Waals surface area contributed by atoms with Crippen LogP contribution in [0.4, 0.5) is 11.5 Å². The van der Waals surface area contributed by atoms with Crippen LogP contribution in [-0.4, -0.2) is 16.4 Å². The second-order valence-corrected chi connectivity index (χ2v) is 6.08. The molecule has 6 heteroatoms. The molecular formula is C15H19BrN4O. The van der Waals surface area contributed by atoms with Gasteiger partial charge in [-0.25, -0.2) is 4.68 Å². The predicted molar refractivity (Wildman–Crippen MR) is 87.7 cm³/mol. The van der Waals surface area contributed by atoms with Crippen molar-refractivity contribution in [1.82, 2.24) is 9.78 Å². The van der Waals surface area contributed by atoms with Crippen molar-refractivity contribution in [2.75, 3.05) is 17.7 Å². The maximum absolute atomic E-state index is 6.10. The lowest BCUT2D eigenvalue weighted by molar-refractivity contribution is 0.354. The highest BCUT2D eigenvalue weighted by molar-refractivity contribution is 9.10. The summed E-state index contributed by atoms with van der Waals surface area (Å²) in [5, 5.41) is 7.82. The van der Waals surface area contributed by atoms with Crippen molar-refractivity contribution in [3.8, 4) is 5.75 Å². The molecule has 2 heterocycles. The summed E-state index contributed by atoms with van der Waals surface area (Å²) < 4.78 is 8.72. The third kappa shape index (κ3) is 2.60. The molecule has 0 aliphatic carbocycles. The topological polar surface area (TPSA) is 65.1 Å². The van der Waals surface area contributed by atoms with E-state index in [-0.39, 0.29) is 0 Å². The quantitative estimate of drug-likeness (QED) is 0.889. The first kappa shape index (κ1) is 14.3. The van der Waals surface area contributed by atoms with Gasteiger partial charge >= 0.3 is 0 Å². The largest absolute Gasteiger partial charge is 0.493 e. The molecule has 0 fully saturated rings. The SMILES string of the molecule is CCn1nc(C)c(N)c1NCc1cc(Br)cc2c1OCC2. The molecule has 3 rings (SSSR count). The lowest BCUT2D eigenvalue weighted by Crippen LogP contribution is -2.09. The van der Waals surface area contributed by atoms with Crippen LogP contribution >= 0.6 is 15.9 Å². The van der Waals surface area contributed by atoms with E-state index >= 15 is 0 Å². The summed E-state index contributed by atoms with van der Waals surface area (Å²) >= 11 is 3.56. The Hall–Kier alpha value is -1.69. The number of fused-ring (bicyclic) bond motifs is 1. The fourth-order valence-corrected chi connectivity index (χ4v) is 3.22. The van der Waals surface area contributed by atoms with Crippen LogP contribution in [0.2, 0.25) is 0 Å². The number of aromatic nitrogens is 2. The van der Waals surface area contributed by atoms with Crippen molar-refractivity contribution in [2.45, 2.75) is 33.4 Å². The summed E-state index contributed by atoms with van der Waals surface area (Å²) in [6, 6.07) is 4.22. The Kier molecular flexibility index (Phi) is 3.80. The summed E-state index contributed by atoms with van der Waals surface area (Å²) in [5.41, 5.74) is 10.1. The molecule has 2 aromatic rings. The molecule has 0 unspecified atom stereocenters. The summed E-state index contributed by atoms with van der Waals surface area (Å²) in [6.07, 6.45) is 0.968. The van der Waals surface area contributed by atoms with Gasteiger partial charge in [0.15, 0.2) is 0 Å². The number of hydrogen-bond acceptors (Lipinski definition) is 4. The van der Waals surface area contributed by atoms with E-state index < -0.39 is 0 Å². The summed E-state index contributed by atoms with van der Waals surface area (Å²) in [6.45, 7) is 6.18. The third-order valence-corrected chi connectivity index (χ3v) is 4.20. The summed E-state index contributed by atoms with van der Waals surface area (Å²) in [7, 11) is 0. The summed E-state index contributed by atoms with van der Waals surface area (Å²) in [4.78, 5) is 0. The fourth-order valence-electron chi connectivity index (χ4n) is 2.67. The van der Waals surface area contributed by atoms with Crippen molar-refractivity contribution in [3.63, 3.8) is 0 Å². The van der Waals surface area contributed by atoms with Gasteiger partial charge < -0.3 is 15.8 Å². The van der Waals surface area contributed by atoms with Crippen molar-refractivity contribution in [3.05, 3.63) is 33.4 Å². The first-order chi connectivity index (χ1) is 10.1. The highest BCUT2D eigenvalue weighted by atomic mass is 79.9. The van der Waals surface area contributed by atoms with E-state index in [2.05, 4.69) is 45.4 Å². The van der Waals surface area contributed by atoms with Crippen molar-refractivity contribution < 1.29 is 4.74 Å². The molecule has 0 saturated heterocycles. The molecule has 0 amide bonds. The van der Waals surface area contributed by atoms with Gasteiger partial charge in [-0.2, -0.15) is 5.10 Å². The zero-order chi connectivity index (χ0) is 15.0. The molecule has 0 bridgehead atoms. The van der Waals surface area contributed by atoms with E-state index in [4.69, 9.17) is 10.5 Å². The number of hydrogen-bond donors (Lipinski definition) is 2. The molecular weight excluding hydrogens is 332 g/mol. The Morgan fingerprint density at radius 3 is 3.05 bits per heavy atom.